The molecular weight excluding hydrogens is 312 g/mol. The Kier molecular flexibility index (Phi) is 5.18. The zero-order valence-corrected chi connectivity index (χ0v) is 13.8. The number of hydrogen-bond donors (Lipinski definition) is 3. The SMILES string of the molecule is CC(=O)NCCN(C(=O)c1cc(C)cc2cn[nH]c12)C(C)C(=O)O. The van der Waals surface area contributed by atoms with Crippen molar-refractivity contribution >= 4 is 28.7 Å². The van der Waals surface area contributed by atoms with Crippen LogP contribution in [0.4, 0.5) is 0 Å². The molecule has 1 aromatic carbocycles. The van der Waals surface area contributed by atoms with Gasteiger partial charge in [-0.2, -0.15) is 5.10 Å². The van der Waals surface area contributed by atoms with Crippen LogP contribution in [-0.2, 0) is 9.59 Å². The zero-order chi connectivity index (χ0) is 17.9. The molecule has 3 N–H and O–H groups in total. The highest BCUT2D eigenvalue weighted by Crippen LogP contribution is 2.21. The Bertz CT molecular complexity index is 783. The lowest BCUT2D eigenvalue weighted by Crippen LogP contribution is -2.46. The molecule has 0 aliphatic carbocycles. The van der Waals surface area contributed by atoms with Crippen LogP contribution >= 0.6 is 0 Å². The topological polar surface area (TPSA) is 115 Å². The first-order valence-electron chi connectivity index (χ1n) is 7.53. The van der Waals surface area contributed by atoms with Crippen LogP contribution in [0.3, 0.4) is 0 Å². The third-order valence-corrected chi connectivity index (χ3v) is 3.74. The van der Waals surface area contributed by atoms with Crippen molar-refractivity contribution < 1.29 is 19.5 Å². The van der Waals surface area contributed by atoms with Crippen LogP contribution in [0, 0.1) is 6.92 Å². The van der Waals surface area contributed by atoms with Crippen molar-refractivity contribution in [3.8, 4) is 0 Å². The summed E-state index contributed by atoms with van der Waals surface area (Å²) in [5.74, 6) is -1.77. The molecule has 0 aliphatic rings. The summed E-state index contributed by atoms with van der Waals surface area (Å²) in [6.07, 6.45) is 1.61. The van der Waals surface area contributed by atoms with E-state index in [1.807, 2.05) is 13.0 Å². The summed E-state index contributed by atoms with van der Waals surface area (Å²) in [7, 11) is 0. The second-order valence-corrected chi connectivity index (χ2v) is 5.64. The summed E-state index contributed by atoms with van der Waals surface area (Å²) >= 11 is 0. The number of aliphatic carboxylic acids is 1. The van der Waals surface area contributed by atoms with Gasteiger partial charge in [0.05, 0.1) is 17.3 Å². The van der Waals surface area contributed by atoms with Gasteiger partial charge in [0, 0.05) is 25.4 Å². The highest BCUT2D eigenvalue weighted by molar-refractivity contribution is 6.06. The molecule has 8 heteroatoms. The number of carbonyl (C=O) groups is 3. The predicted octanol–water partition coefficient (Wildman–Crippen LogP) is 0.923. The molecule has 0 bridgehead atoms. The van der Waals surface area contributed by atoms with Gasteiger partial charge >= 0.3 is 5.97 Å². The van der Waals surface area contributed by atoms with Crippen LogP contribution in [0.15, 0.2) is 18.3 Å². The van der Waals surface area contributed by atoms with E-state index in [-0.39, 0.29) is 19.0 Å². The summed E-state index contributed by atoms with van der Waals surface area (Å²) in [6.45, 7) is 4.92. The fourth-order valence-corrected chi connectivity index (χ4v) is 2.49. The smallest absolute Gasteiger partial charge is 0.326 e. The number of carboxylic acids is 1. The number of benzene rings is 1. The number of aryl methyl sites for hydroxylation is 1. The van der Waals surface area contributed by atoms with Gasteiger partial charge in [-0.3, -0.25) is 14.7 Å². The number of rotatable bonds is 6. The van der Waals surface area contributed by atoms with Gasteiger partial charge in [0.1, 0.15) is 6.04 Å². The van der Waals surface area contributed by atoms with Crippen molar-refractivity contribution in [3.63, 3.8) is 0 Å². The number of nitrogens with zero attached hydrogens (tertiary/aromatic N) is 2. The molecule has 8 nitrogen and oxygen atoms in total. The number of H-pyrrole nitrogens is 1. The van der Waals surface area contributed by atoms with Crippen LogP contribution in [0.5, 0.6) is 0 Å². The van der Waals surface area contributed by atoms with Gasteiger partial charge in [-0.1, -0.05) is 0 Å². The third-order valence-electron chi connectivity index (χ3n) is 3.74. The third kappa shape index (κ3) is 3.70. The molecule has 0 radical (unpaired) electrons. The highest BCUT2D eigenvalue weighted by Gasteiger charge is 2.27. The monoisotopic (exact) mass is 332 g/mol. The van der Waals surface area contributed by atoms with Crippen molar-refractivity contribution in [1.82, 2.24) is 20.4 Å². The predicted molar refractivity (Wildman–Crippen MR) is 87.6 cm³/mol. The molecule has 0 aliphatic heterocycles. The van der Waals surface area contributed by atoms with E-state index in [1.165, 1.54) is 18.7 Å². The average Bonchev–Trinajstić information content (AvgIpc) is 2.97. The molecular formula is C16H20N4O4. The van der Waals surface area contributed by atoms with Gasteiger partial charge in [-0.15, -0.1) is 0 Å². The van der Waals surface area contributed by atoms with Gasteiger partial charge in [0.2, 0.25) is 5.91 Å². The lowest BCUT2D eigenvalue weighted by molar-refractivity contribution is -0.141. The molecule has 0 fully saturated rings. The fraction of sp³-hybridized carbons (Fsp3) is 0.375. The van der Waals surface area contributed by atoms with E-state index in [1.54, 1.807) is 12.3 Å². The molecule has 1 heterocycles. The normalized spacial score (nSPS) is 12.0. The van der Waals surface area contributed by atoms with Crippen LogP contribution in [0.2, 0.25) is 0 Å². The number of nitrogens with one attached hydrogen (secondary N) is 2. The van der Waals surface area contributed by atoms with E-state index in [2.05, 4.69) is 15.5 Å². The number of carboxylic acid groups (broad SMARTS) is 1. The largest absolute Gasteiger partial charge is 0.480 e. The van der Waals surface area contributed by atoms with Crippen molar-refractivity contribution in [1.29, 1.82) is 0 Å². The fourth-order valence-electron chi connectivity index (χ4n) is 2.49. The van der Waals surface area contributed by atoms with Gasteiger partial charge in [-0.25, -0.2) is 4.79 Å². The van der Waals surface area contributed by atoms with Crippen molar-refractivity contribution in [2.75, 3.05) is 13.1 Å². The molecule has 24 heavy (non-hydrogen) atoms. The highest BCUT2D eigenvalue weighted by atomic mass is 16.4. The summed E-state index contributed by atoms with van der Waals surface area (Å²) in [6, 6.07) is 2.56. The quantitative estimate of drug-likeness (QED) is 0.727. The molecule has 0 saturated heterocycles. The maximum absolute atomic E-state index is 12.9. The van der Waals surface area contributed by atoms with Crippen molar-refractivity contribution in [3.05, 3.63) is 29.5 Å². The molecule has 2 amide bonds. The Morgan fingerprint density at radius 2 is 2.08 bits per heavy atom. The van der Waals surface area contributed by atoms with Crippen LogP contribution in [0.25, 0.3) is 10.9 Å². The second kappa shape index (κ2) is 7.12. The minimum absolute atomic E-state index is 0.0927. The van der Waals surface area contributed by atoms with Crippen molar-refractivity contribution in [2.24, 2.45) is 0 Å². The summed E-state index contributed by atoms with van der Waals surface area (Å²) in [5.41, 5.74) is 1.79. The molecule has 2 rings (SSSR count). The molecule has 0 spiro atoms. The maximum atomic E-state index is 12.9. The summed E-state index contributed by atoms with van der Waals surface area (Å²) in [4.78, 5) is 36.5. The Balaban J connectivity index is 2.36. The van der Waals surface area contributed by atoms with E-state index in [0.717, 1.165) is 10.9 Å². The Morgan fingerprint density at radius 1 is 1.38 bits per heavy atom. The van der Waals surface area contributed by atoms with Crippen LogP contribution in [-0.4, -0.2) is 57.1 Å². The molecule has 1 unspecified atom stereocenters. The lowest BCUT2D eigenvalue weighted by atomic mass is 10.1. The molecule has 2 aromatic rings. The lowest BCUT2D eigenvalue weighted by Gasteiger charge is -2.27. The standard InChI is InChI=1S/C16H20N4O4/c1-9-6-12-8-18-19-14(12)13(7-9)15(22)20(10(2)16(23)24)5-4-17-11(3)21/h6-8,10H,4-5H2,1-3H3,(H,17,21)(H,18,19)(H,23,24). The van der Waals surface area contributed by atoms with E-state index in [9.17, 15) is 19.5 Å². The number of amides is 2. The first kappa shape index (κ1) is 17.5. The Hall–Kier alpha value is -2.90. The molecule has 128 valence electrons. The second-order valence-electron chi connectivity index (χ2n) is 5.64. The molecule has 1 atom stereocenters. The van der Waals surface area contributed by atoms with Gasteiger partial charge in [-0.05, 0) is 31.5 Å². The van der Waals surface area contributed by atoms with E-state index in [4.69, 9.17) is 0 Å². The van der Waals surface area contributed by atoms with Crippen molar-refractivity contribution in [2.45, 2.75) is 26.8 Å². The molecule has 1 aromatic heterocycles. The number of aromatic amines is 1. The van der Waals surface area contributed by atoms with E-state index in [0.29, 0.717) is 11.1 Å². The Labute approximate surface area is 138 Å². The average molecular weight is 332 g/mol. The number of hydrogen-bond acceptors (Lipinski definition) is 4. The molecule has 0 saturated carbocycles. The van der Waals surface area contributed by atoms with Gasteiger partial charge < -0.3 is 15.3 Å². The minimum Gasteiger partial charge on any atom is -0.480 e. The summed E-state index contributed by atoms with van der Waals surface area (Å²) < 4.78 is 0. The van der Waals surface area contributed by atoms with Crippen LogP contribution in [0.1, 0.15) is 29.8 Å². The maximum Gasteiger partial charge on any atom is 0.326 e. The van der Waals surface area contributed by atoms with Crippen LogP contribution < -0.4 is 5.32 Å². The van der Waals surface area contributed by atoms with Gasteiger partial charge in [0.25, 0.3) is 5.91 Å². The number of aromatic nitrogens is 2. The minimum atomic E-state index is -1.11. The number of fused-ring (bicyclic) bond motifs is 1. The summed E-state index contributed by atoms with van der Waals surface area (Å²) in [5, 5.41) is 19.4. The Morgan fingerprint density at radius 3 is 2.71 bits per heavy atom. The van der Waals surface area contributed by atoms with Gasteiger partial charge in [0.15, 0.2) is 0 Å². The first-order valence-corrected chi connectivity index (χ1v) is 7.53. The van der Waals surface area contributed by atoms with E-state index >= 15 is 0 Å². The zero-order valence-electron chi connectivity index (χ0n) is 13.8. The van der Waals surface area contributed by atoms with E-state index < -0.39 is 17.9 Å². The number of carbonyl (C=O) groups excluding carboxylic acids is 2. The first-order chi connectivity index (χ1) is 11.3.